The van der Waals surface area contributed by atoms with Crippen molar-refractivity contribution in [3.05, 3.63) is 59.9 Å². The molecular formula is C18H20FN3O2S. The molecule has 0 aliphatic heterocycles. The Kier molecular flexibility index (Phi) is 6.97. The van der Waals surface area contributed by atoms with Crippen LogP contribution in [-0.4, -0.2) is 36.1 Å². The van der Waals surface area contributed by atoms with E-state index in [1.807, 2.05) is 18.2 Å². The maximum absolute atomic E-state index is 13.2. The van der Waals surface area contributed by atoms with Crippen LogP contribution in [0.25, 0.3) is 0 Å². The number of rotatable bonds is 8. The second kappa shape index (κ2) is 9.19. The first-order valence-corrected chi connectivity index (χ1v) is 8.65. The number of anilines is 1. The molecule has 0 unspecified atom stereocenters. The number of carbonyl (C=O) groups excluding carboxylic acids is 2. The van der Waals surface area contributed by atoms with Gasteiger partial charge in [-0.15, -0.1) is 11.8 Å². The van der Waals surface area contributed by atoms with Gasteiger partial charge in [0.25, 0.3) is 0 Å². The molecule has 0 atom stereocenters. The van der Waals surface area contributed by atoms with Gasteiger partial charge in [0.05, 0.1) is 18.0 Å². The predicted octanol–water partition coefficient (Wildman–Crippen LogP) is 2.47. The summed E-state index contributed by atoms with van der Waals surface area (Å²) in [5.74, 6) is -0.755. The maximum Gasteiger partial charge on any atom is 0.238 e. The van der Waals surface area contributed by atoms with Gasteiger partial charge in [0.2, 0.25) is 11.8 Å². The van der Waals surface area contributed by atoms with Gasteiger partial charge in [-0.3, -0.25) is 14.5 Å². The van der Waals surface area contributed by atoms with Gasteiger partial charge in [-0.2, -0.15) is 0 Å². The Morgan fingerprint density at radius 3 is 2.68 bits per heavy atom. The van der Waals surface area contributed by atoms with E-state index < -0.39 is 5.91 Å². The Labute approximate surface area is 150 Å². The van der Waals surface area contributed by atoms with Crippen molar-refractivity contribution in [1.82, 2.24) is 4.90 Å². The van der Waals surface area contributed by atoms with Crippen molar-refractivity contribution in [3.63, 3.8) is 0 Å². The van der Waals surface area contributed by atoms with Crippen molar-refractivity contribution in [2.24, 2.45) is 5.73 Å². The quantitative estimate of drug-likeness (QED) is 0.709. The fourth-order valence-corrected chi connectivity index (χ4v) is 3.03. The van der Waals surface area contributed by atoms with Crippen LogP contribution in [0.3, 0.4) is 0 Å². The minimum atomic E-state index is -0.416. The van der Waals surface area contributed by atoms with Crippen LogP contribution in [0, 0.1) is 5.82 Å². The zero-order valence-corrected chi connectivity index (χ0v) is 14.7. The summed E-state index contributed by atoms with van der Waals surface area (Å²) in [4.78, 5) is 25.7. The molecule has 0 heterocycles. The van der Waals surface area contributed by atoms with E-state index in [2.05, 4.69) is 5.32 Å². The number of carbonyl (C=O) groups is 2. The normalized spacial score (nSPS) is 10.7. The van der Waals surface area contributed by atoms with Crippen LogP contribution in [0.15, 0.2) is 53.4 Å². The smallest absolute Gasteiger partial charge is 0.238 e. The predicted molar refractivity (Wildman–Crippen MR) is 97.7 cm³/mol. The number of nitrogens with zero attached hydrogens (tertiary/aromatic N) is 1. The zero-order valence-electron chi connectivity index (χ0n) is 13.9. The highest BCUT2D eigenvalue weighted by molar-refractivity contribution is 8.00. The molecule has 0 aliphatic rings. The van der Waals surface area contributed by atoms with E-state index in [-0.39, 0.29) is 24.0 Å². The van der Waals surface area contributed by atoms with E-state index in [1.165, 1.54) is 23.9 Å². The van der Waals surface area contributed by atoms with Crippen LogP contribution < -0.4 is 11.1 Å². The molecule has 0 aliphatic carbocycles. The lowest BCUT2D eigenvalue weighted by atomic mass is 10.2. The van der Waals surface area contributed by atoms with Gasteiger partial charge in [-0.25, -0.2) is 4.39 Å². The number of hydrogen-bond acceptors (Lipinski definition) is 4. The molecule has 2 aromatic carbocycles. The largest absolute Gasteiger partial charge is 0.369 e. The monoisotopic (exact) mass is 361 g/mol. The van der Waals surface area contributed by atoms with E-state index >= 15 is 0 Å². The number of nitrogens with two attached hydrogens (primary N) is 1. The number of para-hydroxylation sites is 1. The number of halogens is 1. The summed E-state index contributed by atoms with van der Waals surface area (Å²) in [5.41, 5.74) is 6.60. The lowest BCUT2D eigenvalue weighted by Crippen LogP contribution is -2.30. The molecule has 25 heavy (non-hydrogen) atoms. The fourth-order valence-electron chi connectivity index (χ4n) is 2.28. The van der Waals surface area contributed by atoms with E-state index in [0.717, 1.165) is 10.5 Å². The van der Waals surface area contributed by atoms with Crippen LogP contribution in [0.2, 0.25) is 0 Å². The van der Waals surface area contributed by atoms with Crippen molar-refractivity contribution < 1.29 is 14.0 Å². The summed E-state index contributed by atoms with van der Waals surface area (Å²) in [7, 11) is 1.79. The molecule has 3 N–H and O–H groups in total. The lowest BCUT2D eigenvalue weighted by Gasteiger charge is -2.17. The van der Waals surface area contributed by atoms with E-state index in [4.69, 9.17) is 5.73 Å². The van der Waals surface area contributed by atoms with Crippen LogP contribution in [0.4, 0.5) is 10.1 Å². The standard InChI is InChI=1S/C18H20FN3O2S/c1-22(10-13-5-4-6-14(19)9-13)11-18(24)21-15-7-2-3-8-16(15)25-12-17(20)23/h2-9H,10-12H2,1H3,(H2,20,23)(H,21,24). The van der Waals surface area contributed by atoms with Crippen molar-refractivity contribution in [1.29, 1.82) is 0 Å². The molecule has 7 heteroatoms. The van der Waals surface area contributed by atoms with Crippen LogP contribution in [0.1, 0.15) is 5.56 Å². The Hall–Kier alpha value is -2.38. The number of benzene rings is 2. The summed E-state index contributed by atoms with van der Waals surface area (Å²) in [5, 5.41) is 2.83. The average Bonchev–Trinajstić information content (AvgIpc) is 2.53. The molecule has 0 aromatic heterocycles. The molecule has 0 saturated heterocycles. The fraction of sp³-hybridized carbons (Fsp3) is 0.222. The van der Waals surface area contributed by atoms with Crippen molar-refractivity contribution in [2.75, 3.05) is 24.7 Å². The van der Waals surface area contributed by atoms with Crippen LogP contribution >= 0.6 is 11.8 Å². The second-order valence-electron chi connectivity index (χ2n) is 5.60. The summed E-state index contributed by atoms with van der Waals surface area (Å²) >= 11 is 1.28. The van der Waals surface area contributed by atoms with Crippen molar-refractivity contribution in [2.45, 2.75) is 11.4 Å². The summed E-state index contributed by atoms with van der Waals surface area (Å²) in [6.45, 7) is 0.620. The van der Waals surface area contributed by atoms with Gasteiger partial charge in [0.1, 0.15) is 5.82 Å². The Morgan fingerprint density at radius 2 is 1.96 bits per heavy atom. The molecule has 0 bridgehead atoms. The number of primary amides is 1. The number of thioether (sulfide) groups is 1. The molecule has 132 valence electrons. The highest BCUT2D eigenvalue weighted by atomic mass is 32.2. The summed E-state index contributed by atoms with van der Waals surface area (Å²) in [6, 6.07) is 13.5. The molecule has 2 rings (SSSR count). The SMILES string of the molecule is CN(CC(=O)Nc1ccccc1SCC(N)=O)Cc1cccc(F)c1. The van der Waals surface area contributed by atoms with Gasteiger partial charge >= 0.3 is 0 Å². The molecule has 0 saturated carbocycles. The Morgan fingerprint density at radius 1 is 1.20 bits per heavy atom. The van der Waals surface area contributed by atoms with Crippen molar-refractivity contribution >= 4 is 29.3 Å². The van der Waals surface area contributed by atoms with Gasteiger partial charge < -0.3 is 11.1 Å². The van der Waals surface area contributed by atoms with Crippen molar-refractivity contribution in [3.8, 4) is 0 Å². The molecule has 0 spiro atoms. The average molecular weight is 361 g/mol. The molecule has 0 fully saturated rings. The Balaban J connectivity index is 1.92. The molecule has 2 amide bonds. The topological polar surface area (TPSA) is 75.4 Å². The van der Waals surface area contributed by atoms with E-state index in [0.29, 0.717) is 12.2 Å². The third kappa shape index (κ3) is 6.56. The minimum Gasteiger partial charge on any atom is -0.369 e. The lowest BCUT2D eigenvalue weighted by molar-refractivity contribution is -0.117. The number of hydrogen-bond donors (Lipinski definition) is 2. The number of likely N-dealkylation sites (N-methyl/N-ethyl adjacent to an activating group) is 1. The van der Waals surface area contributed by atoms with E-state index in [9.17, 15) is 14.0 Å². The number of nitrogens with one attached hydrogen (secondary N) is 1. The first kappa shape index (κ1) is 19.0. The Bertz CT molecular complexity index is 755. The first-order valence-electron chi connectivity index (χ1n) is 7.67. The van der Waals surface area contributed by atoms with E-state index in [1.54, 1.807) is 30.1 Å². The third-order valence-corrected chi connectivity index (χ3v) is 4.38. The van der Waals surface area contributed by atoms with Gasteiger partial charge in [-0.05, 0) is 36.9 Å². The molecule has 2 aromatic rings. The molecule has 5 nitrogen and oxygen atoms in total. The first-order chi connectivity index (χ1) is 11.9. The third-order valence-electron chi connectivity index (χ3n) is 3.29. The van der Waals surface area contributed by atoms with Gasteiger partial charge in [0, 0.05) is 11.4 Å². The van der Waals surface area contributed by atoms with Gasteiger partial charge in [-0.1, -0.05) is 24.3 Å². The zero-order chi connectivity index (χ0) is 18.2. The maximum atomic E-state index is 13.2. The highest BCUT2D eigenvalue weighted by Gasteiger charge is 2.11. The minimum absolute atomic E-state index is 0.145. The molecular weight excluding hydrogens is 341 g/mol. The summed E-state index contributed by atoms with van der Waals surface area (Å²) in [6.07, 6.45) is 0. The highest BCUT2D eigenvalue weighted by Crippen LogP contribution is 2.26. The van der Waals surface area contributed by atoms with Gasteiger partial charge in [0.15, 0.2) is 0 Å². The van der Waals surface area contributed by atoms with Crippen LogP contribution in [-0.2, 0) is 16.1 Å². The number of amides is 2. The molecule has 0 radical (unpaired) electrons. The van der Waals surface area contributed by atoms with Crippen LogP contribution in [0.5, 0.6) is 0 Å². The summed E-state index contributed by atoms with van der Waals surface area (Å²) < 4.78 is 13.2. The second-order valence-corrected chi connectivity index (χ2v) is 6.62.